The van der Waals surface area contributed by atoms with Gasteiger partial charge in [0.15, 0.2) is 11.3 Å². The van der Waals surface area contributed by atoms with Crippen molar-refractivity contribution in [2.24, 2.45) is 14.1 Å². The summed E-state index contributed by atoms with van der Waals surface area (Å²) in [5.41, 5.74) is 4.00. The third-order valence-electron chi connectivity index (χ3n) is 10.7. The summed E-state index contributed by atoms with van der Waals surface area (Å²) < 4.78 is 79.9. The quantitative estimate of drug-likeness (QED) is 0.0770. The number of alkyl halides is 4. The molecule has 0 saturated carbocycles. The van der Waals surface area contributed by atoms with E-state index in [0.29, 0.717) is 34.3 Å². The molecule has 2 aromatic carbocycles. The Bertz CT molecular complexity index is 3650. The Morgan fingerprint density at radius 2 is 1.19 bits per heavy atom. The summed E-state index contributed by atoms with van der Waals surface area (Å²) in [7, 11) is 7.00. The number of halogens is 4. The number of nitrogens with one attached hydrogen (secondary N) is 3. The van der Waals surface area contributed by atoms with E-state index in [1.165, 1.54) is 73.4 Å². The van der Waals surface area contributed by atoms with Gasteiger partial charge in [0.05, 0.1) is 41.1 Å². The molecule has 0 aliphatic rings. The van der Waals surface area contributed by atoms with E-state index in [2.05, 4.69) is 57.5 Å². The van der Waals surface area contributed by atoms with Crippen LogP contribution in [0.15, 0.2) is 142 Å². The monoisotopic (exact) mass is 1010 g/mol. The number of pyridine rings is 1. The molecular weight excluding hydrogens is 971 g/mol. The highest BCUT2D eigenvalue weighted by Gasteiger charge is 2.24. The predicted molar refractivity (Wildman–Crippen MR) is 260 cm³/mol. The van der Waals surface area contributed by atoms with Crippen LogP contribution in [-0.2, 0) is 14.1 Å². The molecule has 21 nitrogen and oxygen atoms in total. The number of rotatable bonds is 16. The highest BCUT2D eigenvalue weighted by Crippen LogP contribution is 2.41. The molecule has 10 rings (SSSR count). The molecular formula is C49H41F4N15O6. The van der Waals surface area contributed by atoms with Gasteiger partial charge in [-0.1, -0.05) is 6.58 Å². The Hall–Kier alpha value is -10.1. The van der Waals surface area contributed by atoms with Crippen molar-refractivity contribution in [2.75, 3.05) is 24.7 Å². The lowest BCUT2D eigenvalue weighted by atomic mass is 10.1. The maximum atomic E-state index is 13.3. The molecule has 0 fully saturated rings. The van der Waals surface area contributed by atoms with Crippen LogP contribution in [0.3, 0.4) is 0 Å². The molecule has 10 aromatic rings. The van der Waals surface area contributed by atoms with E-state index in [-0.39, 0.29) is 56.5 Å². The van der Waals surface area contributed by atoms with Gasteiger partial charge >= 0.3 is 13.2 Å². The van der Waals surface area contributed by atoms with Gasteiger partial charge in [-0.2, -0.15) is 38.0 Å². The standard InChI is InChI=1S/C27H24F2N8O3.C22H17F2N7O3/c1-16(35(2)3)17-10-19(13-30-12-17)39-18-6-7-23(40-27(28)29)20(11-18)24-22(15-36(4)34-24)33-26(38)21-14-32-37-9-5-8-31-25(21)37;1-30-12-17(28-21(32)16-11-27-31-8-2-6-26-20(16)31)19(29-30)15-9-13(33-14-5-7-25-10-14)3-4-18(15)34-22(23)24/h5-15,27H,1H2,2-4H3,(H,33,38);2-12,22,25H,1H3,(H,28,32). The number of ether oxygens (including phenoxy) is 4. The fraction of sp³-hybridized carbons (Fsp3) is 0.122. The molecule has 376 valence electrons. The molecule has 0 aliphatic carbocycles. The summed E-state index contributed by atoms with van der Waals surface area (Å²) >= 11 is 0. The number of aryl methyl sites for hydroxylation is 2. The lowest BCUT2D eigenvalue weighted by Gasteiger charge is -2.16. The van der Waals surface area contributed by atoms with Crippen molar-refractivity contribution in [1.82, 2.24) is 63.6 Å². The second-order valence-electron chi connectivity index (χ2n) is 16.0. The zero-order valence-electron chi connectivity index (χ0n) is 39.4. The molecule has 0 aliphatic heterocycles. The molecule has 25 heteroatoms. The maximum Gasteiger partial charge on any atom is 0.387 e. The Labute approximate surface area is 416 Å². The van der Waals surface area contributed by atoms with E-state index in [1.54, 1.807) is 94.1 Å². The second-order valence-corrected chi connectivity index (χ2v) is 16.0. The number of carbonyl (C=O) groups is 2. The number of aromatic amines is 1. The molecule has 8 heterocycles. The van der Waals surface area contributed by atoms with Crippen molar-refractivity contribution in [3.8, 4) is 57.0 Å². The predicted octanol–water partition coefficient (Wildman–Crippen LogP) is 8.81. The minimum atomic E-state index is -3.09. The van der Waals surface area contributed by atoms with E-state index < -0.39 is 25.0 Å². The van der Waals surface area contributed by atoms with Gasteiger partial charge in [-0.05, 0) is 60.7 Å². The number of hydrogen-bond acceptors (Lipinski definition) is 14. The van der Waals surface area contributed by atoms with Gasteiger partial charge < -0.3 is 39.5 Å². The second kappa shape index (κ2) is 21.1. The molecule has 0 radical (unpaired) electrons. The van der Waals surface area contributed by atoms with Crippen LogP contribution in [0.1, 0.15) is 26.3 Å². The summed E-state index contributed by atoms with van der Waals surface area (Å²) in [6.07, 6.45) is 18.8. The highest BCUT2D eigenvalue weighted by molar-refractivity contribution is 6.10. The van der Waals surface area contributed by atoms with Crippen LogP contribution in [0.5, 0.6) is 34.5 Å². The normalized spacial score (nSPS) is 11.1. The van der Waals surface area contributed by atoms with Crippen LogP contribution in [0.25, 0.3) is 39.5 Å². The van der Waals surface area contributed by atoms with Gasteiger partial charge in [-0.3, -0.25) is 23.9 Å². The number of amides is 2. The van der Waals surface area contributed by atoms with Gasteiger partial charge in [-0.15, -0.1) is 0 Å². The summed E-state index contributed by atoms with van der Waals surface area (Å²) in [5, 5.41) is 22.6. The summed E-state index contributed by atoms with van der Waals surface area (Å²) in [6.45, 7) is -2.12. The average molecular weight is 1010 g/mol. The van der Waals surface area contributed by atoms with Crippen LogP contribution < -0.4 is 29.6 Å². The average Bonchev–Trinajstić information content (AvgIpc) is 4.24. The molecule has 2 amide bonds. The van der Waals surface area contributed by atoms with Crippen LogP contribution >= 0.6 is 0 Å². The third kappa shape index (κ3) is 10.9. The molecule has 0 saturated heterocycles. The lowest BCUT2D eigenvalue weighted by molar-refractivity contribution is -0.0501. The first-order valence-corrected chi connectivity index (χ1v) is 21.9. The SMILES string of the molecule is C=C(c1cncc(Oc2ccc(OC(F)F)c(-c3nn(C)cc3NC(=O)c3cnn4cccnc34)c2)c1)N(C)C.Cn1cc(NC(=O)c2cnn3cccnc23)c(-c2cc(Oc3cc[nH]c3)ccc2OC(F)F)n1. The van der Waals surface area contributed by atoms with E-state index in [1.807, 2.05) is 19.0 Å². The number of carbonyl (C=O) groups excluding carboxylic acids is 2. The summed E-state index contributed by atoms with van der Waals surface area (Å²) in [6, 6.07) is 15.6. The largest absolute Gasteiger partial charge is 0.456 e. The van der Waals surface area contributed by atoms with Gasteiger partial charge in [-0.25, -0.2) is 19.0 Å². The van der Waals surface area contributed by atoms with E-state index in [9.17, 15) is 27.2 Å². The summed E-state index contributed by atoms with van der Waals surface area (Å²) in [4.78, 5) is 43.5. The maximum absolute atomic E-state index is 13.3. The van der Waals surface area contributed by atoms with Crippen LogP contribution in [0.2, 0.25) is 0 Å². The Balaban J connectivity index is 0.000000184. The highest BCUT2D eigenvalue weighted by atomic mass is 19.3. The first-order valence-electron chi connectivity index (χ1n) is 21.9. The third-order valence-corrected chi connectivity index (χ3v) is 10.7. The minimum Gasteiger partial charge on any atom is -0.456 e. The number of anilines is 2. The van der Waals surface area contributed by atoms with Crippen molar-refractivity contribution in [2.45, 2.75) is 13.2 Å². The zero-order chi connectivity index (χ0) is 52.0. The Morgan fingerprint density at radius 1 is 0.676 bits per heavy atom. The zero-order valence-corrected chi connectivity index (χ0v) is 39.4. The Morgan fingerprint density at radius 3 is 1.66 bits per heavy atom. The first-order chi connectivity index (χ1) is 35.7. The fourth-order valence-electron chi connectivity index (χ4n) is 7.36. The number of H-pyrrole nitrogens is 1. The molecule has 8 aromatic heterocycles. The molecule has 0 bridgehead atoms. The van der Waals surface area contributed by atoms with Crippen LogP contribution in [-0.4, -0.2) is 103 Å². The lowest BCUT2D eigenvalue weighted by Crippen LogP contribution is -2.12. The van der Waals surface area contributed by atoms with Gasteiger partial charge in [0.25, 0.3) is 11.8 Å². The van der Waals surface area contributed by atoms with Crippen molar-refractivity contribution < 1.29 is 46.1 Å². The summed E-state index contributed by atoms with van der Waals surface area (Å²) in [5.74, 6) is 0.347. The molecule has 0 atom stereocenters. The smallest absolute Gasteiger partial charge is 0.387 e. The van der Waals surface area contributed by atoms with Crippen molar-refractivity contribution in [3.05, 3.63) is 158 Å². The van der Waals surface area contributed by atoms with E-state index in [0.717, 1.165) is 11.3 Å². The fourth-order valence-corrected chi connectivity index (χ4v) is 7.36. The van der Waals surface area contributed by atoms with E-state index in [4.69, 9.17) is 18.9 Å². The first kappa shape index (κ1) is 48.9. The van der Waals surface area contributed by atoms with Crippen molar-refractivity contribution >= 4 is 40.2 Å². The van der Waals surface area contributed by atoms with Crippen LogP contribution in [0, 0.1) is 0 Å². The van der Waals surface area contributed by atoms with Crippen molar-refractivity contribution in [3.63, 3.8) is 0 Å². The number of benzene rings is 2. The molecule has 0 spiro atoms. The molecule has 3 N–H and O–H groups in total. The van der Waals surface area contributed by atoms with Crippen LogP contribution in [0.4, 0.5) is 28.9 Å². The topological polar surface area (TPSA) is 223 Å². The molecule has 0 unspecified atom stereocenters. The number of hydrogen-bond donors (Lipinski definition) is 3. The number of fused-ring (bicyclic) bond motifs is 2. The Kier molecular flexibility index (Phi) is 14.0. The van der Waals surface area contributed by atoms with Gasteiger partial charge in [0.1, 0.15) is 57.0 Å². The van der Waals surface area contributed by atoms with Gasteiger partial charge in [0, 0.05) is 95.2 Å². The minimum absolute atomic E-state index is 0.122. The number of nitrogens with zero attached hydrogens (tertiary/aromatic N) is 12. The van der Waals surface area contributed by atoms with E-state index >= 15 is 0 Å². The van der Waals surface area contributed by atoms with Gasteiger partial charge in [0.2, 0.25) is 0 Å². The van der Waals surface area contributed by atoms with Crippen molar-refractivity contribution in [1.29, 1.82) is 0 Å². The molecule has 74 heavy (non-hydrogen) atoms. The number of aromatic nitrogens is 12.